The van der Waals surface area contributed by atoms with Crippen molar-refractivity contribution in [1.82, 2.24) is 4.90 Å². The van der Waals surface area contributed by atoms with Gasteiger partial charge < -0.3 is 13.8 Å². The largest absolute Gasteiger partial charge is 0.493 e. The van der Waals surface area contributed by atoms with E-state index in [0.717, 1.165) is 4.90 Å². The molecule has 1 atom stereocenters. The van der Waals surface area contributed by atoms with Gasteiger partial charge >= 0.3 is 22.5 Å². The molecule has 0 saturated heterocycles. The number of carbonyl (C=O) groups excluding carboxylic acids is 1. The van der Waals surface area contributed by atoms with E-state index in [1.54, 1.807) is 13.8 Å². The van der Waals surface area contributed by atoms with Crippen LogP contribution in [0.1, 0.15) is 54.2 Å². The van der Waals surface area contributed by atoms with E-state index in [2.05, 4.69) is 0 Å². The molecule has 0 aliphatic heterocycles. The van der Waals surface area contributed by atoms with Gasteiger partial charge in [0.1, 0.15) is 0 Å². The summed E-state index contributed by atoms with van der Waals surface area (Å²) in [6.45, 7) is 4.38. The predicted octanol–water partition coefficient (Wildman–Crippen LogP) is 5.90. The molecule has 0 heterocycles. The van der Waals surface area contributed by atoms with Gasteiger partial charge in [0, 0.05) is 18.2 Å². The zero-order chi connectivity index (χ0) is 27.5. The third-order valence-corrected chi connectivity index (χ3v) is 6.51. The third kappa shape index (κ3) is 7.28. The molecule has 0 saturated carbocycles. The first-order valence-electron chi connectivity index (χ1n) is 10.7. The fraction of sp³-hybridized carbons (Fsp3) is 0.435. The van der Waals surface area contributed by atoms with Crippen molar-refractivity contribution in [3.05, 3.63) is 58.7 Å². The Morgan fingerprint density at radius 1 is 0.944 bits per heavy atom. The number of methoxy groups -OCH3 is 1. The molecule has 1 amide bonds. The first-order valence-corrected chi connectivity index (χ1v) is 12.3. The minimum atomic E-state index is -5.11. The molecule has 0 N–H and O–H groups in total. The number of amides is 1. The van der Waals surface area contributed by atoms with Gasteiger partial charge in [0.25, 0.3) is 5.91 Å². The molecule has 0 radical (unpaired) electrons. The summed E-state index contributed by atoms with van der Waals surface area (Å²) in [5.74, 6) is -1.49. The Labute approximate surface area is 204 Å². The van der Waals surface area contributed by atoms with Gasteiger partial charge in [-0.2, -0.15) is 34.8 Å². The summed E-state index contributed by atoms with van der Waals surface area (Å²) in [7, 11) is -2.66. The number of halogens is 6. The lowest BCUT2D eigenvalue weighted by Crippen LogP contribution is -2.38. The highest BCUT2D eigenvalue weighted by molar-refractivity contribution is 7.87. The maximum absolute atomic E-state index is 13.3. The van der Waals surface area contributed by atoms with E-state index >= 15 is 0 Å². The smallest absolute Gasteiger partial charge is 0.416 e. The summed E-state index contributed by atoms with van der Waals surface area (Å²) in [6.07, 6.45) is -9.88. The van der Waals surface area contributed by atoms with Crippen molar-refractivity contribution in [3.8, 4) is 11.5 Å². The molecule has 0 spiro atoms. The molecule has 0 aromatic heterocycles. The van der Waals surface area contributed by atoms with Crippen LogP contribution in [-0.4, -0.2) is 38.1 Å². The molecule has 13 heteroatoms. The highest BCUT2D eigenvalue weighted by Crippen LogP contribution is 2.37. The molecule has 2 aromatic rings. The summed E-state index contributed by atoms with van der Waals surface area (Å²) in [5, 5.41) is 0. The van der Waals surface area contributed by atoms with Crippen LogP contribution >= 0.6 is 0 Å². The zero-order valence-corrected chi connectivity index (χ0v) is 20.6. The average Bonchev–Trinajstić information content (AvgIpc) is 2.80. The molecule has 0 aliphatic carbocycles. The van der Waals surface area contributed by atoms with Crippen molar-refractivity contribution in [1.29, 1.82) is 0 Å². The van der Waals surface area contributed by atoms with Crippen molar-refractivity contribution >= 4 is 16.0 Å². The van der Waals surface area contributed by atoms with Gasteiger partial charge in [0.05, 0.1) is 24.0 Å². The van der Waals surface area contributed by atoms with Crippen LogP contribution in [0.3, 0.4) is 0 Å². The molecule has 2 rings (SSSR count). The van der Waals surface area contributed by atoms with Crippen LogP contribution in [0.4, 0.5) is 26.3 Å². The lowest BCUT2D eigenvalue weighted by atomic mass is 10.0. The lowest BCUT2D eigenvalue weighted by molar-refractivity contribution is -0.143. The maximum Gasteiger partial charge on any atom is 0.416 e. The summed E-state index contributed by atoms with van der Waals surface area (Å²) >= 11 is 0. The van der Waals surface area contributed by atoms with Gasteiger partial charge in [-0.1, -0.05) is 13.0 Å². The van der Waals surface area contributed by atoms with E-state index in [1.807, 2.05) is 0 Å². The van der Waals surface area contributed by atoms with Crippen LogP contribution in [0.5, 0.6) is 11.5 Å². The number of hydrogen-bond donors (Lipinski definition) is 0. The topological polar surface area (TPSA) is 72.9 Å². The number of ether oxygens (including phenoxy) is 1. The fourth-order valence-corrected chi connectivity index (χ4v) is 3.69. The number of nitrogens with zero attached hydrogens (tertiary/aromatic N) is 1. The number of alkyl halides is 6. The zero-order valence-electron chi connectivity index (χ0n) is 19.8. The van der Waals surface area contributed by atoms with E-state index in [4.69, 9.17) is 8.92 Å². The highest BCUT2D eigenvalue weighted by atomic mass is 32.2. The Kier molecular flexibility index (Phi) is 8.92. The van der Waals surface area contributed by atoms with Gasteiger partial charge in [-0.25, -0.2) is 0 Å². The van der Waals surface area contributed by atoms with Crippen LogP contribution in [-0.2, 0) is 29.0 Å². The van der Waals surface area contributed by atoms with Crippen LogP contribution in [0, 0.1) is 0 Å². The molecule has 2 aromatic carbocycles. The third-order valence-electron chi connectivity index (χ3n) is 5.37. The first-order chi connectivity index (χ1) is 16.5. The number of rotatable bonds is 9. The predicted molar refractivity (Wildman–Crippen MR) is 119 cm³/mol. The average molecular weight is 542 g/mol. The van der Waals surface area contributed by atoms with Crippen molar-refractivity contribution in [3.63, 3.8) is 0 Å². The second-order valence-electron chi connectivity index (χ2n) is 7.90. The SMILES string of the molecule is CCC(C)N(Cc1ccc(OC)c(OS(=O)(=O)CC)c1)C(=O)c1cc(C(F)(F)F)cc(C(F)(F)F)c1. The Morgan fingerprint density at radius 2 is 1.50 bits per heavy atom. The lowest BCUT2D eigenvalue weighted by Gasteiger charge is -2.29. The molecule has 0 fully saturated rings. The number of hydrogen-bond acceptors (Lipinski definition) is 5. The van der Waals surface area contributed by atoms with E-state index in [-0.39, 0.29) is 29.9 Å². The Balaban J connectivity index is 2.55. The molecule has 200 valence electrons. The molecule has 1 unspecified atom stereocenters. The van der Waals surface area contributed by atoms with Gasteiger partial charge in [0.2, 0.25) is 0 Å². The number of benzene rings is 2. The van der Waals surface area contributed by atoms with Crippen molar-refractivity contribution < 1.29 is 48.5 Å². The quantitative estimate of drug-likeness (QED) is 0.292. The summed E-state index contributed by atoms with van der Waals surface area (Å²) < 4.78 is 114. The molecular weight excluding hydrogens is 516 g/mol. The first kappa shape index (κ1) is 29.3. The summed E-state index contributed by atoms with van der Waals surface area (Å²) in [6, 6.07) is 4.24. The van der Waals surface area contributed by atoms with Crippen LogP contribution in [0.25, 0.3) is 0 Å². The summed E-state index contributed by atoms with van der Waals surface area (Å²) in [4.78, 5) is 14.3. The van der Waals surface area contributed by atoms with Gasteiger partial charge in [-0.05, 0) is 56.2 Å². The Hall–Kier alpha value is -2.96. The fourth-order valence-electron chi connectivity index (χ4n) is 3.17. The minimum Gasteiger partial charge on any atom is -0.493 e. The van der Waals surface area contributed by atoms with Crippen molar-refractivity contribution in [2.75, 3.05) is 12.9 Å². The minimum absolute atomic E-state index is 0.0500. The van der Waals surface area contributed by atoms with Crippen molar-refractivity contribution in [2.45, 2.75) is 52.1 Å². The van der Waals surface area contributed by atoms with E-state index in [0.29, 0.717) is 24.1 Å². The standard InChI is InChI=1S/C23H25F6NO5S/c1-5-14(3)30(13-15-7-8-19(34-4)20(9-15)35-36(32,33)6-2)21(31)16-10-17(22(24,25)26)12-18(11-16)23(27,28)29/h7-12,14H,5-6,13H2,1-4H3. The van der Waals surface area contributed by atoms with Crippen LogP contribution < -0.4 is 8.92 Å². The molecule has 6 nitrogen and oxygen atoms in total. The second-order valence-corrected chi connectivity index (χ2v) is 9.76. The van der Waals surface area contributed by atoms with Crippen molar-refractivity contribution in [2.24, 2.45) is 0 Å². The van der Waals surface area contributed by atoms with Gasteiger partial charge in [-0.3, -0.25) is 4.79 Å². The van der Waals surface area contributed by atoms with E-state index in [1.165, 1.54) is 32.2 Å². The highest BCUT2D eigenvalue weighted by Gasteiger charge is 2.38. The molecular formula is C23H25F6NO5S. The molecule has 0 aliphatic rings. The van der Waals surface area contributed by atoms with E-state index in [9.17, 15) is 39.6 Å². The van der Waals surface area contributed by atoms with Crippen LogP contribution in [0.15, 0.2) is 36.4 Å². The van der Waals surface area contributed by atoms with Gasteiger partial charge in [0.15, 0.2) is 11.5 Å². The van der Waals surface area contributed by atoms with Crippen LogP contribution in [0.2, 0.25) is 0 Å². The molecule has 36 heavy (non-hydrogen) atoms. The van der Waals surface area contributed by atoms with Gasteiger partial charge in [-0.15, -0.1) is 0 Å². The molecule has 0 bridgehead atoms. The monoisotopic (exact) mass is 541 g/mol. The Morgan fingerprint density at radius 3 is 1.94 bits per heavy atom. The van der Waals surface area contributed by atoms with E-state index < -0.39 is 51.1 Å². The summed E-state index contributed by atoms with van der Waals surface area (Å²) in [5.41, 5.74) is -3.67. The maximum atomic E-state index is 13.3. The Bertz CT molecular complexity index is 1160. The second kappa shape index (κ2) is 11.0. The number of carbonyl (C=O) groups is 1. The normalized spacial score (nSPS) is 13.3.